The van der Waals surface area contributed by atoms with E-state index >= 15 is 0 Å². The summed E-state index contributed by atoms with van der Waals surface area (Å²) in [6, 6.07) is 4.88. The number of rotatable bonds is 8. The predicted octanol–water partition coefficient (Wildman–Crippen LogP) is 4.41. The Kier molecular flexibility index (Phi) is 7.46. The SMILES string of the molecule is CCCCCN(C)C(c1ccc(Br)s1)C(N)CC. The van der Waals surface area contributed by atoms with Crippen LogP contribution in [0.25, 0.3) is 0 Å². The third-order valence-corrected chi connectivity index (χ3v) is 5.05. The second kappa shape index (κ2) is 8.31. The summed E-state index contributed by atoms with van der Waals surface area (Å²) >= 11 is 5.35. The zero-order valence-corrected chi connectivity index (χ0v) is 14.1. The van der Waals surface area contributed by atoms with E-state index in [0.717, 1.165) is 13.0 Å². The van der Waals surface area contributed by atoms with Crippen LogP contribution >= 0.6 is 27.3 Å². The highest BCUT2D eigenvalue weighted by Gasteiger charge is 2.24. The summed E-state index contributed by atoms with van der Waals surface area (Å²) in [7, 11) is 2.20. The first-order valence-corrected chi connectivity index (χ1v) is 8.42. The number of likely N-dealkylation sites (N-methyl/N-ethyl adjacent to an activating group) is 1. The van der Waals surface area contributed by atoms with Crippen molar-refractivity contribution in [3.63, 3.8) is 0 Å². The van der Waals surface area contributed by atoms with Gasteiger partial charge in [-0.1, -0.05) is 26.7 Å². The Hall–Kier alpha value is 0.1000. The molecule has 1 aromatic heterocycles. The van der Waals surface area contributed by atoms with E-state index in [-0.39, 0.29) is 6.04 Å². The van der Waals surface area contributed by atoms with Crippen molar-refractivity contribution in [2.45, 2.75) is 51.6 Å². The lowest BCUT2D eigenvalue weighted by atomic mass is 10.0. The van der Waals surface area contributed by atoms with Crippen LogP contribution in [0.2, 0.25) is 0 Å². The second-order valence-electron chi connectivity index (χ2n) is 4.85. The van der Waals surface area contributed by atoms with Gasteiger partial charge in [0.1, 0.15) is 0 Å². The highest BCUT2D eigenvalue weighted by molar-refractivity contribution is 9.11. The lowest BCUT2D eigenvalue weighted by Gasteiger charge is -2.31. The van der Waals surface area contributed by atoms with Crippen LogP contribution in [0.5, 0.6) is 0 Å². The first kappa shape index (κ1) is 16.2. The summed E-state index contributed by atoms with van der Waals surface area (Å²) < 4.78 is 1.19. The van der Waals surface area contributed by atoms with Crippen molar-refractivity contribution in [2.75, 3.05) is 13.6 Å². The molecule has 2 unspecified atom stereocenters. The van der Waals surface area contributed by atoms with Crippen LogP contribution in [0.1, 0.15) is 50.4 Å². The van der Waals surface area contributed by atoms with Gasteiger partial charge in [0.2, 0.25) is 0 Å². The van der Waals surface area contributed by atoms with Crippen molar-refractivity contribution < 1.29 is 0 Å². The van der Waals surface area contributed by atoms with Crippen molar-refractivity contribution in [3.8, 4) is 0 Å². The molecule has 2 nitrogen and oxygen atoms in total. The molecule has 104 valence electrons. The maximum absolute atomic E-state index is 6.31. The maximum Gasteiger partial charge on any atom is 0.0702 e. The van der Waals surface area contributed by atoms with Gasteiger partial charge >= 0.3 is 0 Å². The summed E-state index contributed by atoms with van der Waals surface area (Å²) in [5.74, 6) is 0. The van der Waals surface area contributed by atoms with E-state index in [4.69, 9.17) is 5.73 Å². The van der Waals surface area contributed by atoms with Gasteiger partial charge in [0.05, 0.1) is 9.83 Å². The molecule has 2 N–H and O–H groups in total. The van der Waals surface area contributed by atoms with E-state index in [1.807, 2.05) is 0 Å². The number of nitrogens with two attached hydrogens (primary N) is 1. The summed E-state index contributed by atoms with van der Waals surface area (Å²) in [6.45, 7) is 5.54. The number of nitrogens with zero attached hydrogens (tertiary/aromatic N) is 1. The smallest absolute Gasteiger partial charge is 0.0702 e. The molecular weight excluding hydrogens is 308 g/mol. The van der Waals surface area contributed by atoms with Crippen LogP contribution in [0.4, 0.5) is 0 Å². The van der Waals surface area contributed by atoms with Crippen molar-refractivity contribution >= 4 is 27.3 Å². The Morgan fingerprint density at radius 2 is 2.06 bits per heavy atom. The van der Waals surface area contributed by atoms with Crippen molar-refractivity contribution in [1.82, 2.24) is 4.90 Å². The molecule has 0 aliphatic carbocycles. The Balaban J connectivity index is 2.72. The van der Waals surface area contributed by atoms with E-state index in [0.29, 0.717) is 6.04 Å². The molecule has 0 aliphatic rings. The zero-order valence-electron chi connectivity index (χ0n) is 11.7. The highest BCUT2D eigenvalue weighted by atomic mass is 79.9. The predicted molar refractivity (Wildman–Crippen MR) is 85.2 cm³/mol. The fourth-order valence-corrected chi connectivity index (χ4v) is 3.88. The summed E-state index contributed by atoms with van der Waals surface area (Å²) in [4.78, 5) is 3.79. The van der Waals surface area contributed by atoms with Crippen LogP contribution in [-0.4, -0.2) is 24.5 Å². The minimum Gasteiger partial charge on any atom is -0.326 e. The lowest BCUT2D eigenvalue weighted by Crippen LogP contribution is -2.38. The molecule has 0 saturated carbocycles. The molecule has 1 aromatic rings. The van der Waals surface area contributed by atoms with Crippen LogP contribution < -0.4 is 5.73 Å². The molecule has 0 aliphatic heterocycles. The number of unbranched alkanes of at least 4 members (excludes halogenated alkanes) is 2. The average Bonchev–Trinajstić information content (AvgIpc) is 2.76. The number of halogens is 1. The third kappa shape index (κ3) is 4.65. The third-order valence-electron chi connectivity index (χ3n) is 3.35. The van der Waals surface area contributed by atoms with Crippen LogP contribution in [0.3, 0.4) is 0 Å². The monoisotopic (exact) mass is 332 g/mol. The fourth-order valence-electron chi connectivity index (χ4n) is 2.22. The second-order valence-corrected chi connectivity index (χ2v) is 7.34. The van der Waals surface area contributed by atoms with Crippen molar-refractivity contribution in [3.05, 3.63) is 20.8 Å². The Bertz CT molecular complexity index is 340. The molecule has 0 fully saturated rings. The summed E-state index contributed by atoms with van der Waals surface area (Å²) in [6.07, 6.45) is 4.83. The van der Waals surface area contributed by atoms with E-state index in [9.17, 15) is 0 Å². The standard InChI is InChI=1S/C14H25BrN2S/c1-4-6-7-10-17(3)14(11(16)5-2)12-8-9-13(15)18-12/h8-9,11,14H,4-7,10,16H2,1-3H3. The topological polar surface area (TPSA) is 29.3 Å². The molecule has 2 atom stereocenters. The molecule has 1 heterocycles. The van der Waals surface area contributed by atoms with Crippen LogP contribution in [-0.2, 0) is 0 Å². The minimum atomic E-state index is 0.210. The summed E-state index contributed by atoms with van der Waals surface area (Å²) in [5, 5.41) is 0. The van der Waals surface area contributed by atoms with Gasteiger partial charge in [-0.2, -0.15) is 0 Å². The summed E-state index contributed by atoms with van der Waals surface area (Å²) in [5.41, 5.74) is 6.31. The van der Waals surface area contributed by atoms with E-state index in [1.165, 1.54) is 27.9 Å². The Morgan fingerprint density at radius 3 is 2.56 bits per heavy atom. The molecule has 0 amide bonds. The molecule has 1 rings (SSSR count). The van der Waals surface area contributed by atoms with Crippen molar-refractivity contribution in [1.29, 1.82) is 0 Å². The van der Waals surface area contributed by atoms with Crippen molar-refractivity contribution in [2.24, 2.45) is 5.73 Å². The van der Waals surface area contributed by atoms with Gasteiger partial charge in [-0.15, -0.1) is 11.3 Å². The average molecular weight is 333 g/mol. The number of hydrogen-bond donors (Lipinski definition) is 1. The number of hydrogen-bond acceptors (Lipinski definition) is 3. The van der Waals surface area contributed by atoms with Gasteiger partial charge < -0.3 is 5.73 Å². The zero-order chi connectivity index (χ0) is 13.5. The van der Waals surface area contributed by atoms with E-state index in [1.54, 1.807) is 11.3 Å². The van der Waals surface area contributed by atoms with Crippen LogP contribution in [0, 0.1) is 0 Å². The fraction of sp³-hybridized carbons (Fsp3) is 0.714. The molecule has 0 radical (unpaired) electrons. The molecular formula is C14H25BrN2S. The first-order valence-electron chi connectivity index (χ1n) is 6.81. The highest BCUT2D eigenvalue weighted by Crippen LogP contribution is 2.32. The van der Waals surface area contributed by atoms with Crippen LogP contribution in [0.15, 0.2) is 15.9 Å². The van der Waals surface area contributed by atoms with Gasteiger partial charge in [0.15, 0.2) is 0 Å². The van der Waals surface area contributed by atoms with Gasteiger partial charge in [0, 0.05) is 10.9 Å². The van der Waals surface area contributed by atoms with Gasteiger partial charge in [0.25, 0.3) is 0 Å². The Labute approximate surface area is 124 Å². The van der Waals surface area contributed by atoms with Gasteiger partial charge in [-0.05, 0) is 54.5 Å². The molecule has 0 saturated heterocycles. The maximum atomic E-state index is 6.31. The van der Waals surface area contributed by atoms with Gasteiger partial charge in [-0.3, -0.25) is 4.90 Å². The molecule has 0 aromatic carbocycles. The van der Waals surface area contributed by atoms with E-state index in [2.05, 4.69) is 53.9 Å². The minimum absolute atomic E-state index is 0.210. The van der Waals surface area contributed by atoms with Gasteiger partial charge in [-0.25, -0.2) is 0 Å². The normalized spacial score (nSPS) is 15.0. The molecule has 0 spiro atoms. The van der Waals surface area contributed by atoms with E-state index < -0.39 is 0 Å². The molecule has 4 heteroatoms. The molecule has 0 bridgehead atoms. The first-order chi connectivity index (χ1) is 8.60. The molecule has 18 heavy (non-hydrogen) atoms. The quantitative estimate of drug-likeness (QED) is 0.714. The number of thiophene rings is 1. The largest absolute Gasteiger partial charge is 0.326 e. The lowest BCUT2D eigenvalue weighted by molar-refractivity contribution is 0.209. The Morgan fingerprint density at radius 1 is 1.33 bits per heavy atom.